The van der Waals surface area contributed by atoms with Crippen LogP contribution in [0.1, 0.15) is 17.4 Å². The highest BCUT2D eigenvalue weighted by molar-refractivity contribution is 7.13. The van der Waals surface area contributed by atoms with Gasteiger partial charge < -0.3 is 5.32 Å². The summed E-state index contributed by atoms with van der Waals surface area (Å²) in [5, 5.41) is 6.08. The minimum absolute atomic E-state index is 0.131. The molecule has 0 aliphatic rings. The average Bonchev–Trinajstić information content (AvgIpc) is 3.07. The number of thiazole rings is 1. The van der Waals surface area contributed by atoms with Gasteiger partial charge in [-0.05, 0) is 31.2 Å². The molecule has 1 N–H and O–H groups in total. The molecule has 6 heteroatoms. The molecule has 0 bridgehead atoms. The number of halogens is 1. The molecule has 0 radical (unpaired) electrons. The van der Waals surface area contributed by atoms with Crippen LogP contribution in [-0.4, -0.2) is 22.4 Å². The van der Waals surface area contributed by atoms with E-state index in [-0.39, 0.29) is 5.91 Å². The molecule has 0 saturated heterocycles. The monoisotopic (exact) mass is 345 g/mol. The molecule has 4 nitrogen and oxygen atoms in total. The first-order valence-electron chi connectivity index (χ1n) is 7.05. The van der Waals surface area contributed by atoms with Gasteiger partial charge in [-0.15, -0.1) is 11.3 Å². The van der Waals surface area contributed by atoms with Crippen LogP contribution in [-0.2, 0) is 0 Å². The Morgan fingerprint density at radius 1 is 1.22 bits per heavy atom. The van der Waals surface area contributed by atoms with Gasteiger partial charge in [0.1, 0.15) is 10.7 Å². The summed E-state index contributed by atoms with van der Waals surface area (Å²) in [4.78, 5) is 19.8. The molecule has 0 aliphatic heterocycles. The van der Waals surface area contributed by atoms with Crippen molar-refractivity contribution in [3.05, 3.63) is 71.0 Å². The Morgan fingerprint density at radius 3 is 2.57 bits per heavy atom. The number of rotatable bonds is 3. The molecule has 118 valence electrons. The smallest absolute Gasteiger partial charge is 0.270 e. The van der Waals surface area contributed by atoms with Crippen LogP contribution in [0.25, 0.3) is 10.6 Å². The molecule has 0 atom stereocenters. The first-order valence-corrected chi connectivity index (χ1v) is 8.31. The Balaban J connectivity index is 0.000000229. The van der Waals surface area contributed by atoms with E-state index >= 15 is 0 Å². The molecule has 0 saturated carbocycles. The van der Waals surface area contributed by atoms with Gasteiger partial charge in [-0.25, -0.2) is 4.98 Å². The minimum atomic E-state index is -0.131. The average molecular weight is 346 g/mol. The van der Waals surface area contributed by atoms with Gasteiger partial charge in [-0.2, -0.15) is 0 Å². The van der Waals surface area contributed by atoms with Crippen LogP contribution in [0.3, 0.4) is 0 Å². The largest absolute Gasteiger partial charge is 0.351 e. The van der Waals surface area contributed by atoms with E-state index in [0.717, 1.165) is 15.6 Å². The number of amides is 1. The SMILES string of the molecule is CCNC(=O)c1csc(-c2cccnc2)n1.Clc1ccccc1. The van der Waals surface area contributed by atoms with Crippen LogP contribution in [0.2, 0.25) is 5.02 Å². The molecule has 0 spiro atoms. The maximum Gasteiger partial charge on any atom is 0.270 e. The van der Waals surface area contributed by atoms with Crippen molar-refractivity contribution in [3.63, 3.8) is 0 Å². The lowest BCUT2D eigenvalue weighted by Crippen LogP contribution is -2.22. The van der Waals surface area contributed by atoms with Gasteiger partial charge in [0.05, 0.1) is 0 Å². The standard InChI is InChI=1S/C11H11N3OS.C6H5Cl/c1-2-13-10(15)9-7-16-11(14-9)8-4-3-5-12-6-8;7-6-4-2-1-3-5-6/h3-7H,2H2,1H3,(H,13,15);1-5H. The number of aromatic nitrogens is 2. The summed E-state index contributed by atoms with van der Waals surface area (Å²) in [5.41, 5.74) is 1.40. The number of carbonyl (C=O) groups is 1. The van der Waals surface area contributed by atoms with Crippen molar-refractivity contribution in [1.82, 2.24) is 15.3 Å². The third kappa shape index (κ3) is 5.47. The number of nitrogens with zero attached hydrogens (tertiary/aromatic N) is 2. The van der Waals surface area contributed by atoms with E-state index in [4.69, 9.17) is 11.6 Å². The summed E-state index contributed by atoms with van der Waals surface area (Å²) >= 11 is 6.98. The van der Waals surface area contributed by atoms with Gasteiger partial charge in [0.15, 0.2) is 0 Å². The van der Waals surface area contributed by atoms with Crippen molar-refractivity contribution in [2.24, 2.45) is 0 Å². The molecule has 2 aromatic heterocycles. The van der Waals surface area contributed by atoms with Crippen LogP contribution in [0.4, 0.5) is 0 Å². The van der Waals surface area contributed by atoms with Crippen LogP contribution >= 0.6 is 22.9 Å². The van der Waals surface area contributed by atoms with Crippen molar-refractivity contribution in [2.75, 3.05) is 6.54 Å². The van der Waals surface area contributed by atoms with Crippen molar-refractivity contribution in [2.45, 2.75) is 6.92 Å². The van der Waals surface area contributed by atoms with Gasteiger partial charge in [0.25, 0.3) is 5.91 Å². The molecular weight excluding hydrogens is 330 g/mol. The minimum Gasteiger partial charge on any atom is -0.351 e. The Bertz CT molecular complexity index is 732. The summed E-state index contributed by atoms with van der Waals surface area (Å²) in [5.74, 6) is -0.131. The molecule has 0 aliphatic carbocycles. The molecule has 1 amide bonds. The van der Waals surface area contributed by atoms with E-state index in [0.29, 0.717) is 12.2 Å². The number of pyridine rings is 1. The molecule has 23 heavy (non-hydrogen) atoms. The second-order valence-electron chi connectivity index (χ2n) is 4.43. The highest BCUT2D eigenvalue weighted by Gasteiger charge is 2.10. The third-order valence-corrected chi connectivity index (χ3v) is 3.86. The summed E-state index contributed by atoms with van der Waals surface area (Å²) in [6, 6.07) is 13.2. The maximum absolute atomic E-state index is 11.5. The van der Waals surface area contributed by atoms with E-state index in [9.17, 15) is 4.79 Å². The zero-order chi connectivity index (χ0) is 16.5. The molecule has 3 aromatic rings. The van der Waals surface area contributed by atoms with Gasteiger partial charge in [0, 0.05) is 34.9 Å². The summed E-state index contributed by atoms with van der Waals surface area (Å²) in [7, 11) is 0. The zero-order valence-electron chi connectivity index (χ0n) is 12.6. The molecular formula is C17H16ClN3OS. The Hall–Kier alpha value is -2.24. The quantitative estimate of drug-likeness (QED) is 0.770. The van der Waals surface area contributed by atoms with Crippen LogP contribution < -0.4 is 5.32 Å². The number of hydrogen-bond acceptors (Lipinski definition) is 4. The predicted molar refractivity (Wildman–Crippen MR) is 94.8 cm³/mol. The van der Waals surface area contributed by atoms with E-state index in [1.807, 2.05) is 49.4 Å². The van der Waals surface area contributed by atoms with Crippen molar-refractivity contribution < 1.29 is 4.79 Å². The van der Waals surface area contributed by atoms with Crippen LogP contribution in [0.5, 0.6) is 0 Å². The number of benzene rings is 1. The lowest BCUT2D eigenvalue weighted by molar-refractivity contribution is 0.0951. The summed E-state index contributed by atoms with van der Waals surface area (Å²) in [6.07, 6.45) is 3.45. The topological polar surface area (TPSA) is 54.9 Å². The first kappa shape index (κ1) is 17.1. The Kier molecular flexibility index (Phi) is 6.72. The second kappa shape index (κ2) is 9.02. The zero-order valence-corrected chi connectivity index (χ0v) is 14.1. The van der Waals surface area contributed by atoms with E-state index in [2.05, 4.69) is 15.3 Å². The van der Waals surface area contributed by atoms with Crippen LogP contribution in [0, 0.1) is 0 Å². The Morgan fingerprint density at radius 2 is 2.00 bits per heavy atom. The van der Waals surface area contributed by atoms with E-state index in [1.165, 1.54) is 11.3 Å². The normalized spacial score (nSPS) is 9.65. The molecule has 2 heterocycles. The van der Waals surface area contributed by atoms with Gasteiger partial charge in [-0.3, -0.25) is 9.78 Å². The molecule has 0 unspecified atom stereocenters. The van der Waals surface area contributed by atoms with Crippen molar-refractivity contribution in [1.29, 1.82) is 0 Å². The highest BCUT2D eigenvalue weighted by atomic mass is 35.5. The number of carbonyl (C=O) groups excluding carboxylic acids is 1. The van der Waals surface area contributed by atoms with Crippen molar-refractivity contribution in [3.8, 4) is 10.6 Å². The molecule has 3 rings (SSSR count). The van der Waals surface area contributed by atoms with Crippen molar-refractivity contribution >= 4 is 28.8 Å². The highest BCUT2D eigenvalue weighted by Crippen LogP contribution is 2.22. The summed E-state index contributed by atoms with van der Waals surface area (Å²) in [6.45, 7) is 2.49. The predicted octanol–water partition coefficient (Wildman–Crippen LogP) is 4.29. The molecule has 0 fully saturated rings. The van der Waals surface area contributed by atoms with E-state index in [1.54, 1.807) is 17.8 Å². The fourth-order valence-corrected chi connectivity index (χ4v) is 2.60. The van der Waals surface area contributed by atoms with Gasteiger partial charge in [-0.1, -0.05) is 29.8 Å². The molecule has 1 aromatic carbocycles. The number of nitrogens with one attached hydrogen (secondary N) is 1. The lowest BCUT2D eigenvalue weighted by atomic mass is 10.3. The summed E-state index contributed by atoms with van der Waals surface area (Å²) < 4.78 is 0. The van der Waals surface area contributed by atoms with Gasteiger partial charge in [0.2, 0.25) is 0 Å². The third-order valence-electron chi connectivity index (χ3n) is 2.72. The second-order valence-corrected chi connectivity index (χ2v) is 5.73. The van der Waals surface area contributed by atoms with Crippen LogP contribution in [0.15, 0.2) is 60.2 Å². The maximum atomic E-state index is 11.5. The number of hydrogen-bond donors (Lipinski definition) is 1. The fourth-order valence-electron chi connectivity index (χ4n) is 1.67. The van der Waals surface area contributed by atoms with Gasteiger partial charge >= 0.3 is 0 Å². The lowest BCUT2D eigenvalue weighted by Gasteiger charge is -1.96. The fraction of sp³-hybridized carbons (Fsp3) is 0.118. The Labute approximate surface area is 144 Å². The first-order chi connectivity index (χ1) is 11.2. The van der Waals surface area contributed by atoms with E-state index < -0.39 is 0 Å².